The van der Waals surface area contributed by atoms with Gasteiger partial charge in [0.05, 0.1) is 6.20 Å². The maximum atomic E-state index is 12.4. The van der Waals surface area contributed by atoms with E-state index in [9.17, 15) is 4.79 Å². The van der Waals surface area contributed by atoms with Crippen molar-refractivity contribution in [3.05, 3.63) is 53.1 Å². The van der Waals surface area contributed by atoms with E-state index >= 15 is 0 Å². The van der Waals surface area contributed by atoms with Crippen molar-refractivity contribution in [1.82, 2.24) is 29.2 Å². The summed E-state index contributed by atoms with van der Waals surface area (Å²) in [6, 6.07) is 7.61. The van der Waals surface area contributed by atoms with Gasteiger partial charge in [-0.15, -0.1) is 10.2 Å². The summed E-state index contributed by atoms with van der Waals surface area (Å²) in [6.07, 6.45) is 4.07. The van der Waals surface area contributed by atoms with Gasteiger partial charge in [-0.25, -0.2) is 9.50 Å². The highest BCUT2D eigenvalue weighted by Gasteiger charge is 2.15. The quantitative estimate of drug-likeness (QED) is 0.594. The van der Waals surface area contributed by atoms with Gasteiger partial charge in [-0.2, -0.15) is 10.4 Å². The van der Waals surface area contributed by atoms with E-state index in [1.807, 2.05) is 32.0 Å². The summed E-state index contributed by atoms with van der Waals surface area (Å²) >= 11 is 0. The topological polar surface area (TPSA) is 113 Å². The molecule has 0 spiro atoms. The minimum Gasteiger partial charge on any atom is -0.294 e. The molecular formula is C18H16N8O. The van der Waals surface area contributed by atoms with Crippen LogP contribution in [0.2, 0.25) is 0 Å². The van der Waals surface area contributed by atoms with Crippen LogP contribution in [0.3, 0.4) is 0 Å². The number of nitrogens with one attached hydrogen (secondary N) is 1. The number of anilines is 1. The molecule has 4 aromatic rings. The monoisotopic (exact) mass is 360 g/mol. The van der Waals surface area contributed by atoms with Crippen LogP contribution in [-0.4, -0.2) is 35.1 Å². The summed E-state index contributed by atoms with van der Waals surface area (Å²) in [4.78, 5) is 16.9. The second kappa shape index (κ2) is 6.49. The van der Waals surface area contributed by atoms with Gasteiger partial charge >= 0.3 is 0 Å². The van der Waals surface area contributed by atoms with Crippen LogP contribution in [0.4, 0.5) is 5.95 Å². The Balaban J connectivity index is 1.53. The first kappa shape index (κ1) is 16.7. The standard InChI is InChI=1S/C18H16N8O/c1-11-14(12(2)26-17(21-11)13(9-19)10-20-26)6-7-16(27)22-18-24-23-15-5-3-4-8-25(15)18/h3-5,8,10H,6-7H2,1-2H3,(H,22,24,27). The normalized spacial score (nSPS) is 11.0. The van der Waals surface area contributed by atoms with Crippen molar-refractivity contribution in [2.75, 3.05) is 5.32 Å². The highest BCUT2D eigenvalue weighted by atomic mass is 16.1. The largest absolute Gasteiger partial charge is 0.294 e. The third-order valence-corrected chi connectivity index (χ3v) is 4.50. The summed E-state index contributed by atoms with van der Waals surface area (Å²) in [5, 5.41) is 24.2. The number of aromatic nitrogens is 6. The minimum absolute atomic E-state index is 0.162. The predicted octanol–water partition coefficient (Wildman–Crippen LogP) is 1.83. The molecule has 4 heterocycles. The highest BCUT2D eigenvalue weighted by molar-refractivity contribution is 5.89. The number of nitriles is 1. The summed E-state index contributed by atoms with van der Waals surface area (Å²) in [5.74, 6) is 0.230. The van der Waals surface area contributed by atoms with E-state index in [2.05, 4.69) is 31.7 Å². The molecule has 4 aromatic heterocycles. The number of carbonyl (C=O) groups excluding carboxylic acids is 1. The van der Waals surface area contributed by atoms with Crippen molar-refractivity contribution < 1.29 is 4.79 Å². The molecule has 134 valence electrons. The van der Waals surface area contributed by atoms with Crippen LogP contribution in [0.1, 0.15) is 28.9 Å². The number of pyridine rings is 1. The maximum Gasteiger partial charge on any atom is 0.235 e. The van der Waals surface area contributed by atoms with Crippen LogP contribution in [0.25, 0.3) is 11.3 Å². The predicted molar refractivity (Wildman–Crippen MR) is 97.1 cm³/mol. The third-order valence-electron chi connectivity index (χ3n) is 4.50. The third kappa shape index (κ3) is 2.87. The zero-order valence-electron chi connectivity index (χ0n) is 14.8. The molecule has 27 heavy (non-hydrogen) atoms. The van der Waals surface area contributed by atoms with Crippen molar-refractivity contribution in [3.8, 4) is 6.07 Å². The van der Waals surface area contributed by atoms with E-state index in [4.69, 9.17) is 5.26 Å². The number of aryl methyl sites for hydroxylation is 2. The smallest absolute Gasteiger partial charge is 0.235 e. The number of fused-ring (bicyclic) bond motifs is 2. The highest BCUT2D eigenvalue weighted by Crippen LogP contribution is 2.18. The van der Waals surface area contributed by atoms with Crippen LogP contribution in [-0.2, 0) is 11.2 Å². The first-order valence-corrected chi connectivity index (χ1v) is 8.42. The summed E-state index contributed by atoms with van der Waals surface area (Å²) < 4.78 is 3.36. The van der Waals surface area contributed by atoms with Gasteiger partial charge < -0.3 is 0 Å². The first-order valence-electron chi connectivity index (χ1n) is 8.42. The fraction of sp³-hybridized carbons (Fsp3) is 0.222. The summed E-state index contributed by atoms with van der Waals surface area (Å²) in [6.45, 7) is 3.79. The van der Waals surface area contributed by atoms with Crippen molar-refractivity contribution in [1.29, 1.82) is 5.26 Å². The Hall–Kier alpha value is -3.80. The van der Waals surface area contributed by atoms with Crippen molar-refractivity contribution in [3.63, 3.8) is 0 Å². The fourth-order valence-corrected chi connectivity index (χ4v) is 3.10. The molecule has 0 bridgehead atoms. The molecule has 0 aliphatic rings. The molecule has 0 fully saturated rings. The van der Waals surface area contributed by atoms with E-state index < -0.39 is 0 Å². The molecule has 9 heteroatoms. The average molecular weight is 360 g/mol. The van der Waals surface area contributed by atoms with E-state index in [1.54, 1.807) is 15.1 Å². The second-order valence-electron chi connectivity index (χ2n) is 6.17. The van der Waals surface area contributed by atoms with Crippen LogP contribution in [0.15, 0.2) is 30.6 Å². The van der Waals surface area contributed by atoms with Crippen molar-refractivity contribution in [2.45, 2.75) is 26.7 Å². The lowest BCUT2D eigenvalue weighted by Gasteiger charge is -2.11. The Morgan fingerprint density at radius 2 is 2.15 bits per heavy atom. The number of carbonyl (C=O) groups is 1. The lowest BCUT2D eigenvalue weighted by molar-refractivity contribution is -0.116. The van der Waals surface area contributed by atoms with Crippen LogP contribution >= 0.6 is 0 Å². The van der Waals surface area contributed by atoms with E-state index in [0.717, 1.165) is 17.0 Å². The van der Waals surface area contributed by atoms with Gasteiger partial charge in [0.1, 0.15) is 11.6 Å². The van der Waals surface area contributed by atoms with Crippen molar-refractivity contribution in [2.24, 2.45) is 0 Å². The van der Waals surface area contributed by atoms with Gasteiger partial charge in [0, 0.05) is 24.0 Å². The van der Waals surface area contributed by atoms with Gasteiger partial charge in [-0.05, 0) is 38.0 Å². The molecule has 0 unspecified atom stereocenters. The van der Waals surface area contributed by atoms with E-state index in [0.29, 0.717) is 29.2 Å². The zero-order valence-corrected chi connectivity index (χ0v) is 14.8. The SMILES string of the molecule is Cc1nc2c(C#N)cnn2c(C)c1CCC(=O)Nc1nnc2ccccn12. The van der Waals surface area contributed by atoms with Crippen LogP contribution < -0.4 is 5.32 Å². The first-order chi connectivity index (χ1) is 13.1. The molecule has 0 aliphatic carbocycles. The van der Waals surface area contributed by atoms with Crippen molar-refractivity contribution >= 4 is 23.1 Å². The van der Waals surface area contributed by atoms with Crippen LogP contribution in [0.5, 0.6) is 0 Å². The van der Waals surface area contributed by atoms with Gasteiger partial charge in [0.2, 0.25) is 11.9 Å². The van der Waals surface area contributed by atoms with Gasteiger partial charge in [0.15, 0.2) is 11.3 Å². The Morgan fingerprint density at radius 1 is 1.30 bits per heavy atom. The summed E-state index contributed by atoms with van der Waals surface area (Å²) in [5.41, 5.74) is 4.25. The molecule has 0 saturated carbocycles. The number of nitrogens with zero attached hydrogens (tertiary/aromatic N) is 7. The molecule has 0 radical (unpaired) electrons. The van der Waals surface area contributed by atoms with Gasteiger partial charge in [-0.1, -0.05) is 6.07 Å². The molecule has 1 amide bonds. The zero-order chi connectivity index (χ0) is 19.0. The number of rotatable bonds is 4. The number of amides is 1. The Bertz CT molecular complexity index is 1210. The molecule has 0 atom stereocenters. The molecule has 9 nitrogen and oxygen atoms in total. The molecular weight excluding hydrogens is 344 g/mol. The maximum absolute atomic E-state index is 12.4. The molecule has 4 rings (SSSR count). The molecule has 0 aliphatic heterocycles. The van der Waals surface area contributed by atoms with E-state index in [1.165, 1.54) is 6.20 Å². The van der Waals surface area contributed by atoms with Gasteiger partial charge in [0.25, 0.3) is 0 Å². The number of hydrogen-bond acceptors (Lipinski definition) is 6. The fourth-order valence-electron chi connectivity index (χ4n) is 3.10. The average Bonchev–Trinajstić information content (AvgIpc) is 3.26. The number of hydrogen-bond donors (Lipinski definition) is 1. The Morgan fingerprint density at radius 3 is 2.96 bits per heavy atom. The van der Waals surface area contributed by atoms with Crippen LogP contribution in [0, 0.1) is 25.2 Å². The molecule has 0 saturated heterocycles. The Kier molecular flexibility index (Phi) is 4.01. The lowest BCUT2D eigenvalue weighted by atomic mass is 10.1. The lowest BCUT2D eigenvalue weighted by Crippen LogP contribution is -2.16. The Labute approximate surface area is 154 Å². The van der Waals surface area contributed by atoms with Gasteiger partial charge in [-0.3, -0.25) is 14.5 Å². The minimum atomic E-state index is -0.162. The second-order valence-corrected chi connectivity index (χ2v) is 6.17. The summed E-state index contributed by atoms with van der Waals surface area (Å²) in [7, 11) is 0. The van der Waals surface area contributed by atoms with E-state index in [-0.39, 0.29) is 12.3 Å². The molecule has 1 N–H and O–H groups in total. The molecule has 0 aromatic carbocycles.